The van der Waals surface area contributed by atoms with Crippen LogP contribution in [-0.2, 0) is 29.7 Å². The van der Waals surface area contributed by atoms with Gasteiger partial charge in [-0.15, -0.1) is 15.7 Å². The van der Waals surface area contributed by atoms with Crippen molar-refractivity contribution in [3.63, 3.8) is 0 Å². The summed E-state index contributed by atoms with van der Waals surface area (Å²) in [6, 6.07) is 31.6. The molecule has 7 aromatic rings. The van der Waals surface area contributed by atoms with Crippen LogP contribution < -0.4 is 19.9 Å². The fraction of sp³-hybridized carbons (Fsp3) is 0.209. The standard InChI is InChI=1S/C43H43N7O5S2Si/c1-53-33-17-10-29(11-18-33)26-49(27-30-12-19-34(54-2)20-13-30)57(51,52)41-32(24-25-58(4,5)6)16-23-36(37-8-7-9-38-40(37)45-43(44)56-38)39(41)42-46-48-50(47-42)28-31-14-21-35(55-3)22-15-31/h7-23H,26-28H2,1-6H3,(H2,44,45). The number of sulfonamides is 1. The summed E-state index contributed by atoms with van der Waals surface area (Å²) in [7, 11) is -1.65. The number of methoxy groups -OCH3 is 3. The second kappa shape index (κ2) is 16.8. The SMILES string of the molecule is COc1ccc(CN(Cc2ccc(OC)cc2)S(=O)(=O)c2c(C#C[Si](C)(C)C)ccc(-c3cccc4sc(N)nc34)c2-c2nnn(Cc3ccc(OC)cc3)n2)cc1. The quantitative estimate of drug-likeness (QED) is 0.0899. The van der Waals surface area contributed by atoms with Crippen molar-refractivity contribution in [3.8, 4) is 51.2 Å². The molecular formula is C43H43N7O5S2Si. The molecule has 0 radical (unpaired) electrons. The number of benzene rings is 5. The highest BCUT2D eigenvalue weighted by molar-refractivity contribution is 7.89. The molecule has 0 fully saturated rings. The Kier molecular flexibility index (Phi) is 11.6. The van der Waals surface area contributed by atoms with Crippen LogP contribution >= 0.6 is 11.3 Å². The summed E-state index contributed by atoms with van der Waals surface area (Å²) in [5.74, 6) is 5.46. The Morgan fingerprint density at radius 3 is 1.88 bits per heavy atom. The van der Waals surface area contributed by atoms with Crippen LogP contribution in [0.15, 0.2) is 108 Å². The minimum atomic E-state index is -4.43. The third-order valence-corrected chi connectivity index (χ3v) is 12.9. The number of para-hydroxylation sites is 1. The average molecular weight is 830 g/mol. The normalized spacial score (nSPS) is 11.7. The first-order chi connectivity index (χ1) is 27.8. The Morgan fingerprint density at radius 2 is 1.33 bits per heavy atom. The van der Waals surface area contributed by atoms with E-state index in [-0.39, 0.29) is 35.9 Å². The van der Waals surface area contributed by atoms with Crippen molar-refractivity contribution in [1.29, 1.82) is 0 Å². The van der Waals surface area contributed by atoms with Crippen molar-refractivity contribution >= 4 is 44.8 Å². The van der Waals surface area contributed by atoms with Crippen LogP contribution in [0.25, 0.3) is 32.7 Å². The molecule has 7 rings (SSSR count). The lowest BCUT2D eigenvalue weighted by atomic mass is 9.96. The predicted molar refractivity (Wildman–Crippen MR) is 231 cm³/mol. The van der Waals surface area contributed by atoms with Gasteiger partial charge in [-0.2, -0.15) is 9.10 Å². The maximum absolute atomic E-state index is 15.8. The largest absolute Gasteiger partial charge is 0.497 e. The Balaban J connectivity index is 1.49. The van der Waals surface area contributed by atoms with Crippen molar-refractivity contribution in [2.45, 2.75) is 44.2 Å². The molecule has 0 bridgehead atoms. The molecule has 5 aromatic carbocycles. The first-order valence-corrected chi connectivity index (χ1v) is 24.1. The number of hydrogen-bond acceptors (Lipinski definition) is 11. The van der Waals surface area contributed by atoms with Gasteiger partial charge in [0, 0.05) is 24.2 Å². The van der Waals surface area contributed by atoms with Crippen molar-refractivity contribution in [2.75, 3.05) is 27.1 Å². The van der Waals surface area contributed by atoms with E-state index in [1.807, 2.05) is 97.1 Å². The molecule has 0 aliphatic rings. The lowest BCUT2D eigenvalue weighted by Crippen LogP contribution is -2.31. The number of anilines is 1. The van der Waals surface area contributed by atoms with Gasteiger partial charge in [-0.1, -0.05) is 91.5 Å². The van der Waals surface area contributed by atoms with Crippen molar-refractivity contribution in [1.82, 2.24) is 29.5 Å². The molecule has 0 amide bonds. The van der Waals surface area contributed by atoms with E-state index in [1.165, 1.54) is 20.4 Å². The van der Waals surface area contributed by atoms with Gasteiger partial charge >= 0.3 is 0 Å². The molecule has 58 heavy (non-hydrogen) atoms. The number of tetrazole rings is 1. The highest BCUT2D eigenvalue weighted by Crippen LogP contribution is 2.42. The zero-order chi connectivity index (χ0) is 41.0. The maximum Gasteiger partial charge on any atom is 0.245 e. The van der Waals surface area contributed by atoms with E-state index in [0.29, 0.717) is 38.8 Å². The summed E-state index contributed by atoms with van der Waals surface area (Å²) in [4.78, 5) is 6.10. The highest BCUT2D eigenvalue weighted by atomic mass is 32.2. The minimum absolute atomic E-state index is 0.0259. The van der Waals surface area contributed by atoms with Gasteiger partial charge in [0.2, 0.25) is 15.8 Å². The van der Waals surface area contributed by atoms with E-state index < -0.39 is 18.1 Å². The molecule has 15 heteroatoms. The van der Waals surface area contributed by atoms with E-state index in [4.69, 9.17) is 25.0 Å². The zero-order valence-electron chi connectivity index (χ0n) is 33.1. The van der Waals surface area contributed by atoms with Crippen LogP contribution in [0.1, 0.15) is 22.3 Å². The van der Waals surface area contributed by atoms with E-state index >= 15 is 8.42 Å². The Labute approximate surface area is 343 Å². The molecule has 2 heterocycles. The highest BCUT2D eigenvalue weighted by Gasteiger charge is 2.34. The number of nitrogens with zero attached hydrogens (tertiary/aromatic N) is 6. The van der Waals surface area contributed by atoms with Crippen LogP contribution in [0, 0.1) is 11.5 Å². The van der Waals surface area contributed by atoms with Gasteiger partial charge in [0.05, 0.1) is 43.7 Å². The van der Waals surface area contributed by atoms with Gasteiger partial charge in [-0.05, 0) is 76.0 Å². The fourth-order valence-electron chi connectivity index (χ4n) is 6.36. The second-order valence-corrected chi connectivity index (χ2v) is 22.2. The molecule has 0 aliphatic heterocycles. The third-order valence-electron chi connectivity index (χ3n) is 9.25. The molecule has 0 unspecified atom stereocenters. The van der Waals surface area contributed by atoms with Gasteiger partial charge < -0.3 is 19.9 Å². The number of hydrogen-bond donors (Lipinski definition) is 1. The number of ether oxygens (including phenoxy) is 3. The van der Waals surface area contributed by atoms with E-state index in [2.05, 4.69) is 46.4 Å². The van der Waals surface area contributed by atoms with Crippen molar-refractivity contribution in [3.05, 3.63) is 125 Å². The Hall–Kier alpha value is -6.05. The topological polar surface area (TPSA) is 148 Å². The predicted octanol–water partition coefficient (Wildman–Crippen LogP) is 7.89. The first-order valence-electron chi connectivity index (χ1n) is 18.4. The second-order valence-electron chi connectivity index (χ2n) is 14.5. The summed E-state index contributed by atoms with van der Waals surface area (Å²) >= 11 is 1.35. The van der Waals surface area contributed by atoms with Crippen LogP contribution in [0.3, 0.4) is 0 Å². The van der Waals surface area contributed by atoms with Crippen molar-refractivity contribution < 1.29 is 22.6 Å². The summed E-state index contributed by atoms with van der Waals surface area (Å²) < 4.78 is 50.1. The number of nitrogens with two attached hydrogens (primary N) is 1. The van der Waals surface area contributed by atoms with Crippen LogP contribution in [0.4, 0.5) is 5.13 Å². The average Bonchev–Trinajstić information content (AvgIpc) is 3.85. The molecule has 2 N–H and O–H groups in total. The molecule has 0 saturated carbocycles. The van der Waals surface area contributed by atoms with Crippen molar-refractivity contribution in [2.24, 2.45) is 0 Å². The maximum atomic E-state index is 15.8. The van der Waals surface area contributed by atoms with Gasteiger partial charge in [0.25, 0.3) is 0 Å². The number of thiazole rings is 1. The van der Waals surface area contributed by atoms with Crippen LogP contribution in [0.5, 0.6) is 17.2 Å². The van der Waals surface area contributed by atoms with E-state index in [9.17, 15) is 0 Å². The third kappa shape index (κ3) is 8.90. The lowest BCUT2D eigenvalue weighted by Gasteiger charge is -2.25. The lowest BCUT2D eigenvalue weighted by molar-refractivity contribution is 0.397. The molecule has 296 valence electrons. The molecular weight excluding hydrogens is 787 g/mol. The summed E-state index contributed by atoms with van der Waals surface area (Å²) in [5, 5.41) is 14.2. The number of fused-ring (bicyclic) bond motifs is 1. The molecule has 0 spiro atoms. The number of rotatable bonds is 13. The zero-order valence-corrected chi connectivity index (χ0v) is 35.7. The van der Waals surface area contributed by atoms with Gasteiger partial charge in [-0.25, -0.2) is 13.4 Å². The minimum Gasteiger partial charge on any atom is -0.497 e. The molecule has 0 atom stereocenters. The van der Waals surface area contributed by atoms with E-state index in [1.54, 1.807) is 27.4 Å². The summed E-state index contributed by atoms with van der Waals surface area (Å²) in [6.45, 7) is 6.70. The molecule has 12 nitrogen and oxygen atoms in total. The van der Waals surface area contributed by atoms with Crippen LogP contribution in [0.2, 0.25) is 19.6 Å². The fourth-order valence-corrected chi connectivity index (χ4v) is 9.39. The monoisotopic (exact) mass is 829 g/mol. The van der Waals surface area contributed by atoms with Gasteiger partial charge in [0.1, 0.15) is 30.2 Å². The van der Waals surface area contributed by atoms with Gasteiger partial charge in [0.15, 0.2) is 5.13 Å². The molecule has 2 aromatic heterocycles. The number of nitrogen functional groups attached to an aromatic ring is 1. The Bertz CT molecular complexity index is 2690. The summed E-state index contributed by atoms with van der Waals surface area (Å²) in [5.41, 5.74) is 14.5. The molecule has 0 aliphatic carbocycles. The smallest absolute Gasteiger partial charge is 0.245 e. The van der Waals surface area contributed by atoms with E-state index in [0.717, 1.165) is 27.1 Å². The number of aromatic nitrogens is 5. The Morgan fingerprint density at radius 1 is 0.759 bits per heavy atom. The van der Waals surface area contributed by atoms with Crippen LogP contribution in [-0.4, -0.2) is 67.3 Å². The summed E-state index contributed by atoms with van der Waals surface area (Å²) in [6.07, 6.45) is 0. The van der Waals surface area contributed by atoms with Gasteiger partial charge in [-0.3, -0.25) is 0 Å². The first kappa shape index (κ1) is 40.2. The molecule has 0 saturated heterocycles.